The fourth-order valence-corrected chi connectivity index (χ4v) is 6.23. The van der Waals surface area contributed by atoms with Gasteiger partial charge in [0.1, 0.15) is 12.4 Å². The summed E-state index contributed by atoms with van der Waals surface area (Å²) in [6.07, 6.45) is 0.833. The topological polar surface area (TPSA) is 92.8 Å². The molecule has 1 fully saturated rings. The zero-order valence-electron chi connectivity index (χ0n) is 28.0. The average molecular weight is 604 g/mol. The summed E-state index contributed by atoms with van der Waals surface area (Å²) in [7, 11) is 5.78. The summed E-state index contributed by atoms with van der Waals surface area (Å²) in [5.74, 6) is -1.40. The third-order valence-electron chi connectivity index (χ3n) is 8.98. The average Bonchev–Trinajstić information content (AvgIpc) is 2.96. The Labute approximate surface area is 258 Å². The number of methoxy groups -OCH3 is 1. The molecule has 0 bridgehead atoms. The van der Waals surface area contributed by atoms with Gasteiger partial charge in [0, 0.05) is 38.8 Å². The van der Waals surface area contributed by atoms with E-state index in [0.29, 0.717) is 29.2 Å². The number of rotatable bonds is 13. The lowest BCUT2D eigenvalue weighted by Gasteiger charge is -2.48. The number of esters is 2. The summed E-state index contributed by atoms with van der Waals surface area (Å²) >= 11 is 0. The number of carbonyl (C=O) groups is 2. The maximum absolute atomic E-state index is 12.8. The summed E-state index contributed by atoms with van der Waals surface area (Å²) < 4.78 is 37.2. The minimum Gasteiger partial charge on any atom is -0.459 e. The van der Waals surface area contributed by atoms with Gasteiger partial charge in [0.05, 0.1) is 28.9 Å². The van der Waals surface area contributed by atoms with Crippen LogP contribution in [0.2, 0.25) is 0 Å². The second-order valence-electron chi connectivity index (χ2n) is 13.2. The Bertz CT molecular complexity index is 1120. The van der Waals surface area contributed by atoms with Gasteiger partial charge in [-0.05, 0) is 58.8 Å². The van der Waals surface area contributed by atoms with Crippen molar-refractivity contribution in [2.24, 2.45) is 17.8 Å². The predicted octanol–water partition coefficient (Wildman–Crippen LogP) is 5.97. The van der Waals surface area contributed by atoms with Crippen LogP contribution >= 0.6 is 0 Å². The molecule has 9 heteroatoms. The molecule has 0 N–H and O–H groups in total. The Morgan fingerprint density at radius 1 is 1.16 bits per heavy atom. The molecular weight excluding hydrogens is 550 g/mol. The standard InChI is InChI=1S/C34H53NO8/c1-12-21(2)19-34(8,38-11)29(23(4)28-24(5)30(36)43-33(6,7)42-28)41-32-22(3)27(35(9)10)18-26(40-32)20-39-31(37)25-16-14-13-15-17-25/h13-17,21-23,26-27,29,32H,12,18-20H2,1-11H3/t21-,22?,23-,26?,27?,29+,32?,34+/m0/s1. The normalized spacial score (nSPS) is 27.5. The molecule has 2 aliphatic rings. The molecule has 8 atom stereocenters. The van der Waals surface area contributed by atoms with E-state index >= 15 is 0 Å². The fourth-order valence-electron chi connectivity index (χ4n) is 6.23. The molecule has 242 valence electrons. The lowest BCUT2D eigenvalue weighted by Crippen LogP contribution is -2.56. The van der Waals surface area contributed by atoms with Crippen LogP contribution in [0.1, 0.15) is 85.0 Å². The molecule has 4 unspecified atom stereocenters. The van der Waals surface area contributed by atoms with Crippen molar-refractivity contribution in [2.45, 2.75) is 111 Å². The molecule has 1 aromatic rings. The minimum absolute atomic E-state index is 0.0146. The van der Waals surface area contributed by atoms with Crippen molar-refractivity contribution in [2.75, 3.05) is 27.8 Å². The van der Waals surface area contributed by atoms with Crippen LogP contribution in [-0.4, -0.2) is 80.6 Å². The largest absolute Gasteiger partial charge is 0.459 e. The van der Waals surface area contributed by atoms with E-state index in [1.165, 1.54) is 0 Å². The maximum atomic E-state index is 12.8. The number of hydrogen-bond donors (Lipinski definition) is 0. The monoisotopic (exact) mass is 603 g/mol. The number of carbonyl (C=O) groups excluding carboxylic acids is 2. The van der Waals surface area contributed by atoms with E-state index < -0.39 is 29.8 Å². The van der Waals surface area contributed by atoms with E-state index in [4.69, 9.17) is 28.4 Å². The second kappa shape index (κ2) is 14.5. The van der Waals surface area contributed by atoms with E-state index in [9.17, 15) is 9.59 Å². The van der Waals surface area contributed by atoms with Crippen LogP contribution in [0, 0.1) is 17.8 Å². The quantitative estimate of drug-likeness (QED) is 0.253. The highest BCUT2D eigenvalue weighted by Crippen LogP contribution is 2.41. The lowest BCUT2D eigenvalue weighted by molar-refractivity contribution is -0.290. The van der Waals surface area contributed by atoms with Gasteiger partial charge >= 0.3 is 11.9 Å². The molecule has 1 saturated heterocycles. The maximum Gasteiger partial charge on any atom is 0.340 e. The molecule has 2 aliphatic heterocycles. The highest BCUT2D eigenvalue weighted by Gasteiger charge is 2.49. The fraction of sp³-hybridized carbons (Fsp3) is 0.706. The number of benzene rings is 1. The van der Waals surface area contributed by atoms with Gasteiger partial charge in [0.25, 0.3) is 0 Å². The van der Waals surface area contributed by atoms with Crippen LogP contribution in [-0.2, 0) is 33.2 Å². The van der Waals surface area contributed by atoms with Crippen LogP contribution in [0.3, 0.4) is 0 Å². The third kappa shape index (κ3) is 8.59. The molecule has 3 rings (SSSR count). The molecular formula is C34H53NO8. The highest BCUT2D eigenvalue weighted by molar-refractivity contribution is 5.89. The van der Waals surface area contributed by atoms with Crippen molar-refractivity contribution in [1.29, 1.82) is 0 Å². The Morgan fingerprint density at radius 2 is 1.81 bits per heavy atom. The number of nitrogens with zero attached hydrogens (tertiary/aromatic N) is 1. The molecule has 0 saturated carbocycles. The Kier molecular flexibility index (Phi) is 11.8. The highest BCUT2D eigenvalue weighted by atomic mass is 16.7. The van der Waals surface area contributed by atoms with Gasteiger partial charge in [-0.25, -0.2) is 9.59 Å². The van der Waals surface area contributed by atoms with Crippen LogP contribution in [0.5, 0.6) is 0 Å². The molecule has 0 aromatic heterocycles. The van der Waals surface area contributed by atoms with Crippen molar-refractivity contribution in [3.8, 4) is 0 Å². The van der Waals surface area contributed by atoms with Crippen molar-refractivity contribution < 1.29 is 38.0 Å². The summed E-state index contributed by atoms with van der Waals surface area (Å²) in [6, 6.07) is 9.05. The summed E-state index contributed by atoms with van der Waals surface area (Å²) in [5.41, 5.74) is 0.174. The van der Waals surface area contributed by atoms with Crippen molar-refractivity contribution in [3.05, 3.63) is 47.2 Å². The summed E-state index contributed by atoms with van der Waals surface area (Å²) in [4.78, 5) is 27.7. The second-order valence-corrected chi connectivity index (χ2v) is 13.2. The first kappa shape index (κ1) is 35.0. The van der Waals surface area contributed by atoms with Crippen molar-refractivity contribution in [1.82, 2.24) is 4.90 Å². The van der Waals surface area contributed by atoms with Gasteiger partial charge < -0.3 is 33.3 Å². The Balaban J connectivity index is 1.94. The molecule has 0 radical (unpaired) electrons. The smallest absolute Gasteiger partial charge is 0.340 e. The predicted molar refractivity (Wildman–Crippen MR) is 164 cm³/mol. The van der Waals surface area contributed by atoms with E-state index in [2.05, 4.69) is 32.6 Å². The zero-order valence-corrected chi connectivity index (χ0v) is 28.0. The molecule has 0 aliphatic carbocycles. The van der Waals surface area contributed by atoms with E-state index in [1.807, 2.05) is 39.2 Å². The number of ether oxygens (including phenoxy) is 6. The number of cyclic esters (lactones) is 1. The molecule has 43 heavy (non-hydrogen) atoms. The van der Waals surface area contributed by atoms with E-state index in [-0.39, 0.29) is 36.6 Å². The Morgan fingerprint density at radius 3 is 2.40 bits per heavy atom. The van der Waals surface area contributed by atoms with Gasteiger partial charge in [-0.15, -0.1) is 0 Å². The summed E-state index contributed by atoms with van der Waals surface area (Å²) in [6.45, 7) is 15.8. The van der Waals surface area contributed by atoms with Crippen LogP contribution in [0.15, 0.2) is 41.7 Å². The van der Waals surface area contributed by atoms with Crippen LogP contribution in [0.4, 0.5) is 0 Å². The van der Waals surface area contributed by atoms with Crippen LogP contribution < -0.4 is 0 Å². The minimum atomic E-state index is -1.11. The van der Waals surface area contributed by atoms with Gasteiger partial charge in [0.2, 0.25) is 5.79 Å². The number of hydrogen-bond acceptors (Lipinski definition) is 9. The van der Waals surface area contributed by atoms with Gasteiger partial charge in [-0.2, -0.15) is 0 Å². The van der Waals surface area contributed by atoms with Crippen LogP contribution in [0.25, 0.3) is 0 Å². The Hall–Kier alpha value is -2.46. The van der Waals surface area contributed by atoms with Gasteiger partial charge in [-0.1, -0.05) is 52.3 Å². The van der Waals surface area contributed by atoms with E-state index in [1.54, 1.807) is 40.0 Å². The molecule has 0 amide bonds. The summed E-state index contributed by atoms with van der Waals surface area (Å²) in [5, 5.41) is 0. The molecule has 9 nitrogen and oxygen atoms in total. The molecule has 2 heterocycles. The van der Waals surface area contributed by atoms with Gasteiger partial charge in [-0.3, -0.25) is 0 Å². The molecule has 1 aromatic carbocycles. The van der Waals surface area contributed by atoms with Crippen molar-refractivity contribution in [3.63, 3.8) is 0 Å². The lowest BCUT2D eigenvalue weighted by atomic mass is 9.80. The molecule has 0 spiro atoms. The third-order valence-corrected chi connectivity index (χ3v) is 8.98. The first-order valence-electron chi connectivity index (χ1n) is 15.5. The van der Waals surface area contributed by atoms with Crippen molar-refractivity contribution >= 4 is 11.9 Å². The zero-order chi connectivity index (χ0) is 32.1. The SMILES string of the molecule is CC[C@H](C)C[C@@](C)(OC)[C@H](OC1OC(COC(=O)c2ccccc2)CC(N(C)C)C1C)[C@@H](C)C1=C(C)C(=O)OC(C)(C)O1. The van der Waals surface area contributed by atoms with E-state index in [0.717, 1.165) is 12.8 Å². The first-order valence-corrected chi connectivity index (χ1v) is 15.5. The first-order chi connectivity index (χ1) is 20.1. The van der Waals surface area contributed by atoms with Gasteiger partial charge in [0.15, 0.2) is 6.29 Å².